The molecule has 0 saturated carbocycles. The molecule has 1 aromatic heterocycles. The summed E-state index contributed by atoms with van der Waals surface area (Å²) in [6.07, 6.45) is 1.95. The molecule has 3 rings (SSSR count). The number of carbonyl (C=O) groups is 1. The first-order valence-corrected chi connectivity index (χ1v) is 8.60. The van der Waals surface area contributed by atoms with Crippen molar-refractivity contribution in [3.05, 3.63) is 95.1 Å². The fourth-order valence-electron chi connectivity index (χ4n) is 2.68. The smallest absolute Gasteiger partial charge is 0.279 e. The molecule has 0 saturated heterocycles. The Morgan fingerprint density at radius 1 is 1.00 bits per heavy atom. The minimum atomic E-state index is -0.238. The number of pyridine rings is 1. The summed E-state index contributed by atoms with van der Waals surface area (Å²) < 4.78 is 1.98. The van der Waals surface area contributed by atoms with Gasteiger partial charge in [0, 0.05) is 38.1 Å². The molecule has 4 nitrogen and oxygen atoms in total. The zero-order valence-electron chi connectivity index (χ0n) is 15.4. The van der Waals surface area contributed by atoms with E-state index < -0.39 is 0 Å². The number of anilines is 1. The summed E-state index contributed by atoms with van der Waals surface area (Å²) >= 11 is 0. The number of hydrogen-bond acceptors (Lipinski definition) is 2. The Kier molecular flexibility index (Phi) is 5.32. The minimum absolute atomic E-state index is 0.238. The van der Waals surface area contributed by atoms with Gasteiger partial charge in [0.1, 0.15) is 5.49 Å². The molecule has 2 aromatic carbocycles. The molecule has 3 aromatic rings. The zero-order chi connectivity index (χ0) is 18.5. The fraction of sp³-hybridized carbons (Fsp3) is 0.182. The Morgan fingerprint density at radius 3 is 2.50 bits per heavy atom. The summed E-state index contributed by atoms with van der Waals surface area (Å²) in [4.78, 5) is 19.0. The van der Waals surface area contributed by atoms with Crippen molar-refractivity contribution in [1.82, 2.24) is 4.57 Å². The van der Waals surface area contributed by atoms with E-state index in [2.05, 4.69) is 36.2 Å². The normalized spacial score (nSPS) is 11.4. The van der Waals surface area contributed by atoms with Gasteiger partial charge < -0.3 is 9.47 Å². The molecular weight excluding hydrogens is 322 g/mol. The molecule has 0 bridgehead atoms. The first kappa shape index (κ1) is 17.7. The number of nitrogens with zero attached hydrogens (tertiary/aromatic N) is 3. The summed E-state index contributed by atoms with van der Waals surface area (Å²) in [5.74, 6) is -0.238. The van der Waals surface area contributed by atoms with Crippen molar-refractivity contribution in [3.63, 3.8) is 0 Å². The van der Waals surface area contributed by atoms with E-state index in [4.69, 9.17) is 0 Å². The van der Waals surface area contributed by atoms with Crippen molar-refractivity contribution in [2.45, 2.75) is 13.5 Å². The second kappa shape index (κ2) is 7.83. The summed E-state index contributed by atoms with van der Waals surface area (Å²) in [5.41, 5.74) is 4.61. The monoisotopic (exact) mass is 345 g/mol. The van der Waals surface area contributed by atoms with Crippen LogP contribution in [0.15, 0.2) is 77.9 Å². The second-order valence-corrected chi connectivity index (χ2v) is 6.53. The summed E-state index contributed by atoms with van der Waals surface area (Å²) in [7, 11) is 3.90. The van der Waals surface area contributed by atoms with Crippen LogP contribution in [0.1, 0.15) is 21.5 Å². The van der Waals surface area contributed by atoms with Crippen molar-refractivity contribution in [2.75, 3.05) is 19.0 Å². The predicted octanol–water partition coefficient (Wildman–Crippen LogP) is 3.65. The molecule has 1 heterocycles. The van der Waals surface area contributed by atoms with Crippen LogP contribution in [0.25, 0.3) is 0 Å². The van der Waals surface area contributed by atoms with Crippen LogP contribution in [-0.4, -0.2) is 24.6 Å². The maximum absolute atomic E-state index is 12.6. The number of hydrogen-bond donors (Lipinski definition) is 0. The average molecular weight is 345 g/mol. The van der Waals surface area contributed by atoms with Gasteiger partial charge in [-0.05, 0) is 42.8 Å². The van der Waals surface area contributed by atoms with Gasteiger partial charge in [0.15, 0.2) is 0 Å². The van der Waals surface area contributed by atoms with Crippen LogP contribution in [0, 0.1) is 6.92 Å². The highest BCUT2D eigenvalue weighted by molar-refractivity contribution is 5.95. The number of benzene rings is 2. The number of aromatic nitrogens is 1. The molecule has 0 aliphatic rings. The lowest BCUT2D eigenvalue weighted by Gasteiger charge is -2.12. The highest BCUT2D eigenvalue weighted by atomic mass is 16.1. The molecule has 0 aliphatic heterocycles. The third kappa shape index (κ3) is 4.28. The quantitative estimate of drug-likeness (QED) is 0.724. The number of aryl methyl sites for hydroxylation is 1. The highest BCUT2D eigenvalue weighted by Crippen LogP contribution is 2.14. The largest absolute Gasteiger partial charge is 0.378 e. The summed E-state index contributed by atoms with van der Waals surface area (Å²) in [6, 6.07) is 21.6. The van der Waals surface area contributed by atoms with Crippen molar-refractivity contribution < 1.29 is 4.79 Å². The maximum Gasteiger partial charge on any atom is 0.279 e. The SMILES string of the molecule is Cc1ccc(Cn2ccccc2=NC(=O)c2cccc(N(C)C)c2)cc1. The van der Waals surface area contributed by atoms with Crippen LogP contribution in [0.4, 0.5) is 5.69 Å². The summed E-state index contributed by atoms with van der Waals surface area (Å²) in [6.45, 7) is 2.74. The predicted molar refractivity (Wildman–Crippen MR) is 105 cm³/mol. The van der Waals surface area contributed by atoms with Crippen LogP contribution in [0.2, 0.25) is 0 Å². The van der Waals surface area contributed by atoms with Gasteiger partial charge in [0.2, 0.25) is 0 Å². The lowest BCUT2D eigenvalue weighted by molar-refractivity contribution is 0.0997. The average Bonchev–Trinajstić information content (AvgIpc) is 2.65. The molecule has 26 heavy (non-hydrogen) atoms. The van der Waals surface area contributed by atoms with Crippen LogP contribution < -0.4 is 10.4 Å². The van der Waals surface area contributed by atoms with E-state index in [9.17, 15) is 4.79 Å². The van der Waals surface area contributed by atoms with E-state index in [1.54, 1.807) is 6.07 Å². The number of rotatable bonds is 4. The standard InChI is InChI=1S/C22H23N3O/c1-17-10-12-18(13-11-17)16-25-14-5-4-9-21(25)23-22(26)19-7-6-8-20(15-19)24(2)3/h4-15H,16H2,1-3H3. The first-order chi connectivity index (χ1) is 12.5. The lowest BCUT2D eigenvalue weighted by atomic mass is 10.1. The van der Waals surface area contributed by atoms with E-state index in [0.717, 1.165) is 5.69 Å². The van der Waals surface area contributed by atoms with Crippen molar-refractivity contribution >= 4 is 11.6 Å². The van der Waals surface area contributed by atoms with Crippen molar-refractivity contribution in [2.24, 2.45) is 4.99 Å². The van der Waals surface area contributed by atoms with Crippen LogP contribution in [0.5, 0.6) is 0 Å². The highest BCUT2D eigenvalue weighted by Gasteiger charge is 2.06. The molecule has 0 spiro atoms. The third-order valence-corrected chi connectivity index (χ3v) is 4.22. The molecule has 0 unspecified atom stereocenters. The Morgan fingerprint density at radius 2 is 1.77 bits per heavy atom. The Labute approximate surface area is 154 Å². The van der Waals surface area contributed by atoms with E-state index in [-0.39, 0.29) is 5.91 Å². The second-order valence-electron chi connectivity index (χ2n) is 6.53. The maximum atomic E-state index is 12.6. The van der Waals surface area contributed by atoms with Crippen LogP contribution >= 0.6 is 0 Å². The first-order valence-electron chi connectivity index (χ1n) is 8.60. The van der Waals surface area contributed by atoms with E-state index in [1.165, 1.54) is 11.1 Å². The molecule has 0 atom stereocenters. The van der Waals surface area contributed by atoms with Gasteiger partial charge in [-0.3, -0.25) is 4.79 Å². The zero-order valence-corrected chi connectivity index (χ0v) is 15.4. The molecular formula is C22H23N3O. The van der Waals surface area contributed by atoms with Crippen molar-refractivity contribution in [3.8, 4) is 0 Å². The molecule has 132 valence electrons. The number of carbonyl (C=O) groups excluding carboxylic acids is 1. The third-order valence-electron chi connectivity index (χ3n) is 4.22. The molecule has 1 amide bonds. The van der Waals surface area contributed by atoms with Gasteiger partial charge in [0.05, 0.1) is 0 Å². The molecule has 4 heteroatoms. The minimum Gasteiger partial charge on any atom is -0.378 e. The lowest BCUT2D eigenvalue weighted by Crippen LogP contribution is -2.22. The summed E-state index contributed by atoms with van der Waals surface area (Å²) in [5, 5.41) is 0. The Bertz CT molecular complexity index is 969. The van der Waals surface area contributed by atoms with Crippen LogP contribution in [0.3, 0.4) is 0 Å². The van der Waals surface area contributed by atoms with Gasteiger partial charge in [-0.25, -0.2) is 0 Å². The van der Waals surface area contributed by atoms with Gasteiger partial charge in [-0.15, -0.1) is 0 Å². The van der Waals surface area contributed by atoms with E-state index in [1.807, 2.05) is 66.2 Å². The van der Waals surface area contributed by atoms with E-state index in [0.29, 0.717) is 17.6 Å². The van der Waals surface area contributed by atoms with Gasteiger partial charge in [-0.1, -0.05) is 42.0 Å². The number of amides is 1. The molecule has 0 aliphatic carbocycles. The van der Waals surface area contributed by atoms with E-state index >= 15 is 0 Å². The van der Waals surface area contributed by atoms with Gasteiger partial charge in [-0.2, -0.15) is 4.99 Å². The van der Waals surface area contributed by atoms with Crippen LogP contribution in [-0.2, 0) is 6.54 Å². The molecule has 0 radical (unpaired) electrons. The topological polar surface area (TPSA) is 37.6 Å². The fourth-order valence-corrected chi connectivity index (χ4v) is 2.68. The Balaban J connectivity index is 1.92. The van der Waals surface area contributed by atoms with Gasteiger partial charge in [0.25, 0.3) is 5.91 Å². The molecule has 0 fully saturated rings. The Hall–Kier alpha value is -3.14. The van der Waals surface area contributed by atoms with Crippen molar-refractivity contribution in [1.29, 1.82) is 0 Å². The van der Waals surface area contributed by atoms with Gasteiger partial charge >= 0.3 is 0 Å². The molecule has 0 N–H and O–H groups in total.